The topological polar surface area (TPSA) is 73.2 Å². The first kappa shape index (κ1) is 23.6. The van der Waals surface area contributed by atoms with Crippen LogP contribution in [0.15, 0.2) is 63.7 Å². The van der Waals surface area contributed by atoms with Crippen molar-refractivity contribution < 1.29 is 17.6 Å². The maximum Gasteiger partial charge on any atom is 0.263 e. The number of benzene rings is 2. The van der Waals surface area contributed by atoms with Crippen LogP contribution in [0.2, 0.25) is 9.36 Å². The molecule has 0 aliphatic heterocycles. The lowest BCUT2D eigenvalue weighted by Gasteiger charge is -2.12. The molecule has 170 valence electrons. The third kappa shape index (κ3) is 4.89. The van der Waals surface area contributed by atoms with Crippen molar-refractivity contribution in [3.05, 3.63) is 91.4 Å². The molecule has 4 aromatic rings. The second kappa shape index (κ2) is 9.02. The van der Waals surface area contributed by atoms with E-state index < -0.39 is 32.7 Å². The lowest BCUT2D eigenvalue weighted by Crippen LogP contribution is -2.20. The SMILES string of the molecule is Cc1ccc2c(=O)n(-c3c(F)cc(CC(=O)CS(=O)(=O)c4ccc(Cl)s4)cc3Cl)ccc2c1. The van der Waals surface area contributed by atoms with E-state index in [9.17, 15) is 18.0 Å². The first-order valence-electron chi connectivity index (χ1n) is 9.65. The number of pyridine rings is 1. The Morgan fingerprint density at radius 3 is 2.52 bits per heavy atom. The number of carbonyl (C=O) groups is 1. The van der Waals surface area contributed by atoms with E-state index in [0.717, 1.165) is 32.9 Å². The van der Waals surface area contributed by atoms with Gasteiger partial charge >= 0.3 is 0 Å². The van der Waals surface area contributed by atoms with Crippen molar-refractivity contribution in [3.63, 3.8) is 0 Å². The van der Waals surface area contributed by atoms with Gasteiger partial charge in [0.2, 0.25) is 0 Å². The molecule has 4 rings (SSSR count). The summed E-state index contributed by atoms with van der Waals surface area (Å²) in [6.07, 6.45) is 1.11. The summed E-state index contributed by atoms with van der Waals surface area (Å²) in [5, 5.41) is 1.07. The molecule has 0 saturated heterocycles. The number of carbonyl (C=O) groups excluding carboxylic acids is 1. The van der Waals surface area contributed by atoms with Crippen molar-refractivity contribution in [2.24, 2.45) is 0 Å². The Bertz CT molecular complexity index is 1550. The van der Waals surface area contributed by atoms with Gasteiger partial charge in [0.1, 0.15) is 21.5 Å². The molecule has 2 heterocycles. The molecule has 0 radical (unpaired) electrons. The molecule has 0 saturated carbocycles. The van der Waals surface area contributed by atoms with E-state index in [0.29, 0.717) is 9.72 Å². The van der Waals surface area contributed by atoms with Crippen LogP contribution < -0.4 is 5.56 Å². The van der Waals surface area contributed by atoms with Crippen LogP contribution in [0, 0.1) is 12.7 Å². The lowest BCUT2D eigenvalue weighted by atomic mass is 10.1. The largest absolute Gasteiger partial charge is 0.298 e. The number of Topliss-reactive ketones (excluding diaryl/α,β-unsaturated/α-hetero) is 1. The van der Waals surface area contributed by atoms with E-state index in [-0.39, 0.29) is 26.9 Å². The van der Waals surface area contributed by atoms with Gasteiger partial charge in [0.05, 0.1) is 9.36 Å². The highest BCUT2D eigenvalue weighted by Gasteiger charge is 2.22. The molecule has 0 spiro atoms. The molecule has 33 heavy (non-hydrogen) atoms. The van der Waals surface area contributed by atoms with Crippen molar-refractivity contribution in [2.45, 2.75) is 17.6 Å². The predicted octanol–water partition coefficient (Wildman–Crippen LogP) is 5.39. The average molecular weight is 524 g/mol. The van der Waals surface area contributed by atoms with Crippen LogP contribution in [0.5, 0.6) is 0 Å². The van der Waals surface area contributed by atoms with Crippen LogP contribution in [0.25, 0.3) is 16.5 Å². The van der Waals surface area contributed by atoms with Gasteiger partial charge in [-0.2, -0.15) is 0 Å². The molecule has 0 aliphatic carbocycles. The van der Waals surface area contributed by atoms with Crippen molar-refractivity contribution >= 4 is 60.9 Å². The molecular weight excluding hydrogens is 508 g/mol. The van der Waals surface area contributed by atoms with Gasteiger partial charge in [-0.15, -0.1) is 11.3 Å². The first-order chi connectivity index (χ1) is 15.5. The highest BCUT2D eigenvalue weighted by Crippen LogP contribution is 2.28. The summed E-state index contributed by atoms with van der Waals surface area (Å²) in [7, 11) is -3.85. The number of nitrogens with zero attached hydrogens (tertiary/aromatic N) is 1. The van der Waals surface area contributed by atoms with E-state index in [1.165, 1.54) is 24.4 Å². The zero-order valence-electron chi connectivity index (χ0n) is 17.1. The van der Waals surface area contributed by atoms with Gasteiger partial charge in [-0.1, -0.05) is 40.9 Å². The van der Waals surface area contributed by atoms with Gasteiger partial charge in [0.15, 0.2) is 15.6 Å². The summed E-state index contributed by atoms with van der Waals surface area (Å²) >= 11 is 12.9. The minimum absolute atomic E-state index is 0.00807. The van der Waals surface area contributed by atoms with Crippen LogP contribution in [0.3, 0.4) is 0 Å². The molecule has 0 amide bonds. The van der Waals surface area contributed by atoms with Gasteiger partial charge in [0, 0.05) is 18.0 Å². The molecule has 0 unspecified atom stereocenters. The number of aromatic nitrogens is 1. The second-order valence-corrected chi connectivity index (χ2v) is 11.9. The first-order valence-corrected chi connectivity index (χ1v) is 12.9. The number of rotatable bonds is 6. The Kier molecular flexibility index (Phi) is 6.46. The molecule has 2 aromatic carbocycles. The van der Waals surface area contributed by atoms with Crippen LogP contribution in [0.4, 0.5) is 4.39 Å². The summed E-state index contributed by atoms with van der Waals surface area (Å²) in [6.45, 7) is 1.91. The summed E-state index contributed by atoms with van der Waals surface area (Å²) in [5.74, 6) is -2.17. The molecule has 2 aromatic heterocycles. The Morgan fingerprint density at radius 2 is 1.85 bits per heavy atom. The average Bonchev–Trinajstić information content (AvgIpc) is 3.16. The van der Waals surface area contributed by atoms with Crippen molar-refractivity contribution in [1.82, 2.24) is 4.57 Å². The third-order valence-corrected chi connectivity index (χ3v) is 8.76. The molecular formula is C23H16Cl2FNO4S2. The quantitative estimate of drug-likeness (QED) is 0.339. The van der Waals surface area contributed by atoms with Crippen LogP contribution in [-0.4, -0.2) is 24.5 Å². The number of fused-ring (bicyclic) bond motifs is 1. The summed E-state index contributed by atoms with van der Waals surface area (Å²) in [6, 6.07) is 12.2. The fourth-order valence-electron chi connectivity index (χ4n) is 3.52. The highest BCUT2D eigenvalue weighted by molar-refractivity contribution is 7.94. The van der Waals surface area contributed by atoms with Crippen molar-refractivity contribution in [3.8, 4) is 5.69 Å². The fraction of sp³-hybridized carbons (Fsp3) is 0.130. The van der Waals surface area contributed by atoms with Gasteiger partial charge in [0.25, 0.3) is 5.56 Å². The molecule has 10 heteroatoms. The Hall–Kier alpha value is -2.52. The van der Waals surface area contributed by atoms with Crippen molar-refractivity contribution in [2.75, 3.05) is 5.75 Å². The van der Waals surface area contributed by atoms with Gasteiger partial charge in [-0.25, -0.2) is 12.8 Å². The number of hydrogen-bond acceptors (Lipinski definition) is 5. The fourth-order valence-corrected chi connectivity index (χ4v) is 6.65. The predicted molar refractivity (Wildman–Crippen MR) is 129 cm³/mol. The Morgan fingerprint density at radius 1 is 1.09 bits per heavy atom. The van der Waals surface area contributed by atoms with Crippen molar-refractivity contribution in [1.29, 1.82) is 0 Å². The molecule has 0 aliphatic rings. The number of sulfone groups is 1. The maximum atomic E-state index is 15.0. The number of ketones is 1. The maximum absolute atomic E-state index is 15.0. The standard InChI is InChI=1S/C23H16Cl2FNO4S2/c1-13-2-3-17-15(8-13)6-7-27(23(17)29)22-18(24)10-14(11-19(22)26)9-16(28)12-33(30,31)21-5-4-20(25)32-21/h2-8,10-11H,9,12H2,1H3. The zero-order valence-corrected chi connectivity index (χ0v) is 20.3. The highest BCUT2D eigenvalue weighted by atomic mass is 35.5. The number of aryl methyl sites for hydroxylation is 1. The summed E-state index contributed by atoms with van der Waals surface area (Å²) < 4.78 is 41.2. The van der Waals surface area contributed by atoms with E-state index in [4.69, 9.17) is 23.2 Å². The summed E-state index contributed by atoms with van der Waals surface area (Å²) in [4.78, 5) is 25.3. The van der Waals surface area contributed by atoms with E-state index >= 15 is 4.39 Å². The molecule has 0 atom stereocenters. The number of hydrogen-bond donors (Lipinski definition) is 0. The minimum Gasteiger partial charge on any atom is -0.298 e. The van der Waals surface area contributed by atoms with Gasteiger partial charge < -0.3 is 0 Å². The van der Waals surface area contributed by atoms with Crippen LogP contribution in [-0.2, 0) is 21.1 Å². The van der Waals surface area contributed by atoms with E-state index in [1.54, 1.807) is 18.2 Å². The van der Waals surface area contributed by atoms with E-state index in [2.05, 4.69) is 0 Å². The molecule has 0 N–H and O–H groups in total. The number of halogens is 3. The molecule has 5 nitrogen and oxygen atoms in total. The Labute approximate surface area is 202 Å². The van der Waals surface area contributed by atoms with E-state index in [1.807, 2.05) is 13.0 Å². The number of thiophene rings is 1. The Balaban J connectivity index is 1.62. The normalized spacial score (nSPS) is 11.8. The van der Waals surface area contributed by atoms with Gasteiger partial charge in [-0.3, -0.25) is 14.2 Å². The van der Waals surface area contributed by atoms with Gasteiger partial charge in [-0.05, 0) is 54.3 Å². The minimum atomic E-state index is -3.85. The molecule has 0 bridgehead atoms. The third-order valence-electron chi connectivity index (χ3n) is 4.98. The monoisotopic (exact) mass is 523 g/mol. The van der Waals surface area contributed by atoms with Crippen LogP contribution >= 0.6 is 34.5 Å². The molecule has 0 fully saturated rings. The smallest absolute Gasteiger partial charge is 0.263 e. The zero-order chi connectivity index (χ0) is 23.9. The van der Waals surface area contributed by atoms with Crippen LogP contribution in [0.1, 0.15) is 11.1 Å². The summed E-state index contributed by atoms with van der Waals surface area (Å²) in [5.41, 5.74) is 0.621. The lowest BCUT2D eigenvalue weighted by molar-refractivity contribution is -0.116. The second-order valence-electron chi connectivity index (χ2n) is 7.52.